The quantitative estimate of drug-likeness (QED) is 0.500. The molecule has 0 saturated carbocycles. The molecule has 0 atom stereocenters. The van der Waals surface area contributed by atoms with Crippen LogP contribution in [0.25, 0.3) is 22.3 Å². The highest BCUT2D eigenvalue weighted by Crippen LogP contribution is 2.29. The summed E-state index contributed by atoms with van der Waals surface area (Å²) in [5.74, 6) is -0.371. The van der Waals surface area contributed by atoms with Gasteiger partial charge in [-0.05, 0) is 29.8 Å². The molecule has 0 spiro atoms. The van der Waals surface area contributed by atoms with E-state index in [9.17, 15) is 8.78 Å². The van der Waals surface area contributed by atoms with Gasteiger partial charge in [0.05, 0.1) is 11.1 Å². The molecule has 0 N–H and O–H groups in total. The molecule has 0 saturated heterocycles. The molecule has 0 bridgehead atoms. The molecule has 0 aliphatic carbocycles. The van der Waals surface area contributed by atoms with Crippen LogP contribution in [0.2, 0.25) is 0 Å². The molecule has 0 unspecified atom stereocenters. The number of nitrogens with zero attached hydrogens (tertiary/aromatic N) is 3. The van der Waals surface area contributed by atoms with Crippen molar-refractivity contribution < 1.29 is 8.78 Å². The van der Waals surface area contributed by atoms with Crippen LogP contribution in [0.1, 0.15) is 5.56 Å². The summed E-state index contributed by atoms with van der Waals surface area (Å²) < 4.78 is 27.6. The summed E-state index contributed by atoms with van der Waals surface area (Å²) in [4.78, 5) is 11.1. The molecular formula is C22H17F2N3. The second-order valence-electron chi connectivity index (χ2n) is 6.35. The maximum Gasteiger partial charge on any atom is 0.165 e. The largest absolute Gasteiger partial charge is 0.355 e. The Kier molecular flexibility index (Phi) is 4.50. The van der Waals surface area contributed by atoms with Crippen LogP contribution in [0, 0.1) is 11.6 Å². The van der Waals surface area contributed by atoms with E-state index >= 15 is 0 Å². The van der Waals surface area contributed by atoms with Gasteiger partial charge >= 0.3 is 0 Å². The Morgan fingerprint density at radius 3 is 2.37 bits per heavy atom. The van der Waals surface area contributed by atoms with Crippen molar-refractivity contribution in [1.29, 1.82) is 0 Å². The van der Waals surface area contributed by atoms with Gasteiger partial charge in [-0.15, -0.1) is 0 Å². The lowest BCUT2D eigenvalue weighted by atomic mass is 10.1. The summed E-state index contributed by atoms with van der Waals surface area (Å²) in [5, 5.41) is 0.877. The molecule has 134 valence electrons. The SMILES string of the molecule is CN(Cc1ccccc1)c1nc(-c2ccc(F)cc2F)nc2ccccc12. The molecule has 5 heteroatoms. The average Bonchev–Trinajstić information content (AvgIpc) is 2.68. The van der Waals surface area contributed by atoms with Gasteiger partial charge in [-0.25, -0.2) is 18.7 Å². The van der Waals surface area contributed by atoms with Crippen LogP contribution in [0.15, 0.2) is 72.8 Å². The van der Waals surface area contributed by atoms with Crippen LogP contribution in [0.3, 0.4) is 0 Å². The summed E-state index contributed by atoms with van der Waals surface area (Å²) in [7, 11) is 1.94. The van der Waals surface area contributed by atoms with Gasteiger partial charge in [0.1, 0.15) is 17.5 Å². The molecule has 3 nitrogen and oxygen atoms in total. The van der Waals surface area contributed by atoms with Gasteiger partial charge < -0.3 is 4.90 Å². The van der Waals surface area contributed by atoms with E-state index in [1.807, 2.05) is 66.5 Å². The lowest BCUT2D eigenvalue weighted by molar-refractivity contribution is 0.585. The molecule has 0 amide bonds. The van der Waals surface area contributed by atoms with Gasteiger partial charge in [0.25, 0.3) is 0 Å². The maximum absolute atomic E-state index is 14.3. The van der Waals surface area contributed by atoms with E-state index in [4.69, 9.17) is 0 Å². The van der Waals surface area contributed by atoms with Crippen molar-refractivity contribution in [3.8, 4) is 11.4 Å². The van der Waals surface area contributed by atoms with Gasteiger partial charge in [0, 0.05) is 25.0 Å². The van der Waals surface area contributed by atoms with E-state index in [0.29, 0.717) is 17.9 Å². The first-order chi connectivity index (χ1) is 13.1. The summed E-state index contributed by atoms with van der Waals surface area (Å²) in [6.45, 7) is 0.646. The topological polar surface area (TPSA) is 29.0 Å². The van der Waals surface area contributed by atoms with Crippen LogP contribution in [-0.4, -0.2) is 17.0 Å². The van der Waals surface area contributed by atoms with Gasteiger partial charge in [-0.1, -0.05) is 42.5 Å². The molecule has 0 fully saturated rings. The van der Waals surface area contributed by atoms with Gasteiger partial charge in [0.15, 0.2) is 5.82 Å². The lowest BCUT2D eigenvalue weighted by Gasteiger charge is -2.21. The van der Waals surface area contributed by atoms with Crippen LogP contribution in [-0.2, 0) is 6.54 Å². The standard InChI is InChI=1S/C22H17F2N3/c1-27(14-15-7-3-2-4-8-15)22-18-9-5-6-10-20(18)25-21(26-22)17-12-11-16(23)13-19(17)24/h2-13H,14H2,1H3. The zero-order valence-corrected chi connectivity index (χ0v) is 14.7. The minimum absolute atomic E-state index is 0.177. The number of hydrogen-bond donors (Lipinski definition) is 0. The minimum atomic E-state index is -0.679. The predicted molar refractivity (Wildman–Crippen MR) is 103 cm³/mol. The number of anilines is 1. The first-order valence-electron chi connectivity index (χ1n) is 8.59. The number of hydrogen-bond acceptors (Lipinski definition) is 3. The van der Waals surface area contributed by atoms with E-state index in [-0.39, 0.29) is 11.4 Å². The number of benzene rings is 3. The van der Waals surface area contributed by atoms with Gasteiger partial charge in [-0.3, -0.25) is 0 Å². The molecular weight excluding hydrogens is 344 g/mol. The van der Waals surface area contributed by atoms with Crippen LogP contribution in [0.4, 0.5) is 14.6 Å². The second kappa shape index (κ2) is 7.11. The molecule has 0 aliphatic rings. The van der Waals surface area contributed by atoms with Crippen LogP contribution < -0.4 is 4.90 Å². The summed E-state index contributed by atoms with van der Waals surface area (Å²) >= 11 is 0. The highest BCUT2D eigenvalue weighted by Gasteiger charge is 2.15. The maximum atomic E-state index is 14.3. The number of halogens is 2. The number of para-hydroxylation sites is 1. The summed E-state index contributed by atoms with van der Waals surface area (Å²) in [5.41, 5.74) is 2.02. The Balaban J connectivity index is 1.83. The third kappa shape index (κ3) is 3.49. The first kappa shape index (κ1) is 17.1. The van der Waals surface area contributed by atoms with Gasteiger partial charge in [-0.2, -0.15) is 0 Å². The monoisotopic (exact) mass is 361 g/mol. The molecule has 1 heterocycles. The molecule has 0 radical (unpaired) electrons. The van der Waals surface area contributed by atoms with Crippen molar-refractivity contribution in [3.63, 3.8) is 0 Å². The highest BCUT2D eigenvalue weighted by molar-refractivity contribution is 5.91. The van der Waals surface area contributed by atoms with Crippen molar-refractivity contribution in [2.24, 2.45) is 0 Å². The number of aromatic nitrogens is 2. The Morgan fingerprint density at radius 2 is 1.59 bits per heavy atom. The first-order valence-corrected chi connectivity index (χ1v) is 8.59. The summed E-state index contributed by atoms with van der Waals surface area (Å²) in [6.07, 6.45) is 0. The fourth-order valence-electron chi connectivity index (χ4n) is 3.07. The normalized spacial score (nSPS) is 10.9. The van der Waals surface area contributed by atoms with Crippen molar-refractivity contribution in [2.75, 3.05) is 11.9 Å². The number of rotatable bonds is 4. The number of fused-ring (bicyclic) bond motifs is 1. The fraction of sp³-hybridized carbons (Fsp3) is 0.0909. The molecule has 4 aromatic rings. The zero-order chi connectivity index (χ0) is 18.8. The van der Waals surface area contributed by atoms with E-state index in [0.717, 1.165) is 17.0 Å². The molecule has 0 aliphatic heterocycles. The van der Waals surface area contributed by atoms with E-state index in [1.54, 1.807) is 0 Å². The highest BCUT2D eigenvalue weighted by atomic mass is 19.1. The van der Waals surface area contributed by atoms with Crippen LogP contribution in [0.5, 0.6) is 0 Å². The third-order valence-corrected chi connectivity index (χ3v) is 4.38. The van der Waals surface area contributed by atoms with E-state index in [2.05, 4.69) is 9.97 Å². The third-order valence-electron chi connectivity index (χ3n) is 4.38. The van der Waals surface area contributed by atoms with E-state index < -0.39 is 11.6 Å². The Bertz CT molecular complexity index is 1100. The van der Waals surface area contributed by atoms with Crippen molar-refractivity contribution >= 4 is 16.7 Å². The average molecular weight is 361 g/mol. The minimum Gasteiger partial charge on any atom is -0.355 e. The van der Waals surface area contributed by atoms with Crippen LogP contribution >= 0.6 is 0 Å². The summed E-state index contributed by atoms with van der Waals surface area (Å²) in [6, 6.07) is 21.1. The molecule has 1 aromatic heterocycles. The van der Waals surface area contributed by atoms with Crippen molar-refractivity contribution in [1.82, 2.24) is 9.97 Å². The Morgan fingerprint density at radius 1 is 0.852 bits per heavy atom. The molecule has 27 heavy (non-hydrogen) atoms. The smallest absolute Gasteiger partial charge is 0.165 e. The van der Waals surface area contributed by atoms with Crippen molar-refractivity contribution in [2.45, 2.75) is 6.54 Å². The fourth-order valence-corrected chi connectivity index (χ4v) is 3.07. The predicted octanol–water partition coefficient (Wildman–Crippen LogP) is 5.21. The Labute approximate surface area is 155 Å². The molecule has 4 rings (SSSR count). The van der Waals surface area contributed by atoms with Gasteiger partial charge in [0.2, 0.25) is 0 Å². The zero-order valence-electron chi connectivity index (χ0n) is 14.7. The van der Waals surface area contributed by atoms with Crippen molar-refractivity contribution in [3.05, 3.63) is 90.0 Å². The lowest BCUT2D eigenvalue weighted by Crippen LogP contribution is -2.18. The second-order valence-corrected chi connectivity index (χ2v) is 6.35. The Hall–Kier alpha value is -3.34. The molecule has 3 aromatic carbocycles. The van der Waals surface area contributed by atoms with E-state index in [1.165, 1.54) is 12.1 Å².